The molecule has 10 saturated heterocycles. The third-order valence-electron chi connectivity index (χ3n) is 34.1. The van der Waals surface area contributed by atoms with Crippen molar-refractivity contribution < 1.29 is 80.1 Å². The highest BCUT2D eigenvalue weighted by atomic mass is 127. The Morgan fingerprint density at radius 3 is 1.77 bits per heavy atom. The molecule has 13 aliphatic heterocycles. The molecule has 720 valence electrons. The van der Waals surface area contributed by atoms with E-state index < -0.39 is 31.1 Å². The lowest BCUT2D eigenvalue weighted by molar-refractivity contribution is -0.251. The molecule has 0 aromatic carbocycles. The number of aldehydes is 1. The van der Waals surface area contributed by atoms with Crippen LogP contribution in [0.1, 0.15) is 305 Å². The number of hydrogen-bond donors (Lipinski definition) is 1. The Morgan fingerprint density at radius 1 is 0.532 bits per heavy atom. The van der Waals surface area contributed by atoms with Gasteiger partial charge in [0, 0.05) is 50.9 Å². The van der Waals surface area contributed by atoms with Crippen molar-refractivity contribution in [3.63, 3.8) is 0 Å². The van der Waals surface area contributed by atoms with Gasteiger partial charge in [-0.2, -0.15) is 0 Å². The summed E-state index contributed by atoms with van der Waals surface area (Å²) in [6.45, 7) is 77.4. The maximum absolute atomic E-state index is 14.5. The smallest absolute Gasteiger partial charge is 0.193 e. The molecule has 0 radical (unpaired) electrons. The molecule has 126 heavy (non-hydrogen) atoms. The lowest BCUT2D eigenvalue weighted by Crippen LogP contribution is -2.64. The standard InChI is InChI=1S/C55H95IO9Si2.C50H84O8Si/c1-18-34(2)28-48-38(6)44(50(62-48)33-49-37(5)35(3)29-42(60-49)21-23-45-36(4)30-41(59-45)20-19-27-57)32-40(58)31-43-22-24-46-51(61-43)39(7)52(65-67(16,17)55(11,12)13)53(63-46)47(25-26-56)64-66(14,15)54(8,9)10;1-14-29(2)23-45-35(8)41-27-37(52)26-40-19-22-43-48(55-40)33(6)34(7)49(57-43)44(58-59(12,13)50(9,10)11)20-16-36(51)15-17-38-25-31(4)42(53-38)21-18-39-24-30(3)32(5)46(54-39)28-47(41)56-45/h25-27,34-35,38-39,41-53H,4-5,18-24,28-33H2,1-3,6-17H3;16,20,29-30,33-36,38-49,51H,4-5,14-15,17-19,21-28H2,1-3,6-13H3/b26-25+;20-16+/t34-,35-,38-,39+,41+,42+,43?,44-,45?,46+,47+,48-,49?,50+,51-,52+,53+;29-,30-,33-,34+,35-,36?,38+,39+,40?,41-,42?,43+,44+,45-,46?,47+,48-,49-/m11/s1. The molecule has 13 aliphatic rings. The summed E-state index contributed by atoms with van der Waals surface area (Å²) in [7, 11) is -6.62. The summed E-state index contributed by atoms with van der Waals surface area (Å²) in [4.78, 5) is 39.6. The number of halogens is 1. The van der Waals surface area contributed by atoms with Crippen LogP contribution in [0.3, 0.4) is 0 Å². The maximum atomic E-state index is 14.5. The minimum atomic E-state index is -2.24. The molecule has 0 amide bonds. The number of Topliss-reactive ketones (excluding diaryl/α,β-unsaturated/α-hetero) is 2. The molecule has 1 N–H and O–H groups in total. The number of aliphatic hydroxyl groups is 1. The summed E-state index contributed by atoms with van der Waals surface area (Å²) >= 11 is 2.31. The van der Waals surface area contributed by atoms with E-state index in [1.54, 1.807) is 0 Å². The Kier molecular flexibility index (Phi) is 38.4. The molecule has 8 bridgehead atoms. The van der Waals surface area contributed by atoms with E-state index >= 15 is 0 Å². The SMILES string of the molecule is C=C1C[C@@H]2CCC(O)/C=C/[C@H](O[Si](C)(C)C(C)(C)C)[C@@H]3O[C@H]4CCC(CC(=O)C[C@@H]5[C@@H](C)[C@@H](C[C@H](C)CC)O[C@H]5CC5O[C@@H](CCC1O2)C[C@@H](C)C5=C)O[C@@H]4[C@H](C)[C@@H]3C.C=C1C[C@H](CCC=O)OC1CC[C@H]1C[C@@H](C)C(=C)C(C[C@@H]2O[C@H](C[C@H](C)CC)[C@H](C)[C@H]2CC(=O)CC2CC[C@@H]3O[C@@H]([C@H](/C=C/I)O[Si](C)(C)C(C)(C)C)[C@@H](O[Si](C)(C)C(C)(C)C)[C@@H](C)[C@H]3O2)O1. The van der Waals surface area contributed by atoms with Crippen molar-refractivity contribution in [1.82, 2.24) is 0 Å². The fourth-order valence-corrected chi connectivity index (χ4v) is 26.0. The van der Waals surface area contributed by atoms with Crippen LogP contribution in [0.4, 0.5) is 0 Å². The summed E-state index contributed by atoms with van der Waals surface area (Å²) in [5, 5.41) is 11.4. The Balaban J connectivity index is 0.000000265. The van der Waals surface area contributed by atoms with Crippen molar-refractivity contribution in [3.05, 3.63) is 70.9 Å². The van der Waals surface area contributed by atoms with Gasteiger partial charge >= 0.3 is 0 Å². The summed E-state index contributed by atoms with van der Waals surface area (Å²) in [6.07, 6.45) is 25.3. The van der Waals surface area contributed by atoms with E-state index in [1.807, 2.05) is 6.08 Å². The van der Waals surface area contributed by atoms with Crippen LogP contribution in [0.5, 0.6) is 0 Å². The van der Waals surface area contributed by atoms with Gasteiger partial charge in [-0.05, 0) is 255 Å². The lowest BCUT2D eigenvalue weighted by Gasteiger charge is -2.54. The van der Waals surface area contributed by atoms with Crippen LogP contribution in [-0.4, -0.2) is 194 Å². The fraction of sp³-hybridized carbons (Fsp3) is 0.857. The predicted octanol–water partition coefficient (Wildman–Crippen LogP) is 24.4. The van der Waals surface area contributed by atoms with Crippen molar-refractivity contribution in [3.8, 4) is 0 Å². The van der Waals surface area contributed by atoms with Crippen LogP contribution < -0.4 is 0 Å². The van der Waals surface area contributed by atoms with E-state index in [0.717, 1.165) is 151 Å². The molecule has 0 aliphatic carbocycles. The van der Waals surface area contributed by atoms with E-state index in [1.165, 1.54) is 0 Å². The predicted molar refractivity (Wildman–Crippen MR) is 525 cm³/mol. The number of rotatable bonds is 26. The highest BCUT2D eigenvalue weighted by Gasteiger charge is 2.57. The van der Waals surface area contributed by atoms with E-state index in [0.29, 0.717) is 68.6 Å². The third-order valence-corrected chi connectivity index (χ3v) is 48.0. The second-order valence-corrected chi connectivity index (χ2v) is 61.7. The number of ketones is 2. The van der Waals surface area contributed by atoms with Crippen LogP contribution in [-0.2, 0) is 75.0 Å². The summed E-state index contributed by atoms with van der Waals surface area (Å²) < 4.78 is 92.6. The Hall–Kier alpha value is -1.73. The quantitative estimate of drug-likeness (QED) is 0.0372. The lowest BCUT2D eigenvalue weighted by atomic mass is 9.76. The van der Waals surface area contributed by atoms with Gasteiger partial charge in [0.25, 0.3) is 0 Å². The summed E-state index contributed by atoms with van der Waals surface area (Å²) in [5.74, 6) is 3.46. The van der Waals surface area contributed by atoms with Gasteiger partial charge in [-0.3, -0.25) is 9.59 Å². The highest BCUT2D eigenvalue weighted by molar-refractivity contribution is 14.1. The van der Waals surface area contributed by atoms with Gasteiger partial charge in [0.2, 0.25) is 0 Å². The average molecular weight is 1920 g/mol. The zero-order valence-corrected chi connectivity index (χ0v) is 88.8. The van der Waals surface area contributed by atoms with E-state index in [4.69, 9.17) is 60.6 Å². The molecule has 10 fully saturated rings. The second kappa shape index (κ2) is 45.5. The van der Waals surface area contributed by atoms with E-state index in [-0.39, 0.29) is 208 Å². The first-order chi connectivity index (χ1) is 58.9. The topological polar surface area (TPSA) is 191 Å². The molecule has 35 atom stereocenters. The van der Waals surface area contributed by atoms with Crippen LogP contribution in [0.2, 0.25) is 54.4 Å². The zero-order chi connectivity index (χ0) is 92.8. The van der Waals surface area contributed by atoms with Gasteiger partial charge in [-0.1, -0.05) is 212 Å². The highest BCUT2D eigenvalue weighted by Crippen LogP contribution is 2.52. The molecule has 17 nitrogen and oxygen atoms in total. The first kappa shape index (κ1) is 106. The zero-order valence-electron chi connectivity index (χ0n) is 83.7. The second-order valence-electron chi connectivity index (χ2n) is 46.7. The first-order valence-electron chi connectivity index (χ1n) is 50.3. The van der Waals surface area contributed by atoms with Crippen LogP contribution in [0, 0.1) is 65.1 Å². The molecule has 13 heterocycles. The number of aliphatic hydroxyl groups excluding tert-OH is 1. The maximum Gasteiger partial charge on any atom is 0.193 e. The van der Waals surface area contributed by atoms with Crippen molar-refractivity contribution in [2.45, 2.75) is 506 Å². The van der Waals surface area contributed by atoms with Crippen LogP contribution >= 0.6 is 22.6 Å². The normalized spacial score (nSPS) is 40.3. The number of ether oxygens (including phenoxy) is 10. The largest absolute Gasteiger partial charge is 0.411 e. The molecule has 13 rings (SSSR count). The molecular formula is C105H179IO17Si3. The average Bonchev–Trinajstić information content (AvgIpc) is 1.02. The Morgan fingerprint density at radius 2 is 1.12 bits per heavy atom. The van der Waals surface area contributed by atoms with Gasteiger partial charge in [-0.15, -0.1) is 0 Å². The summed E-state index contributed by atoms with van der Waals surface area (Å²) in [6, 6.07) is 0. The van der Waals surface area contributed by atoms with E-state index in [9.17, 15) is 19.5 Å². The Bertz CT molecular complexity index is 3610. The van der Waals surface area contributed by atoms with Crippen LogP contribution in [0.25, 0.3) is 0 Å². The fourth-order valence-electron chi connectivity index (χ4n) is 21.7. The molecule has 0 aromatic rings. The third kappa shape index (κ3) is 27.2. The first-order valence-corrected chi connectivity index (χ1v) is 60.3. The number of carbonyl (C=O) groups is 3. The number of carbonyl (C=O) groups excluding carboxylic acids is 3. The summed E-state index contributed by atoms with van der Waals surface area (Å²) in [5.41, 5.74) is 4.56. The van der Waals surface area contributed by atoms with Crippen LogP contribution in [0.15, 0.2) is 70.9 Å². The molecule has 0 aromatic heterocycles. The number of fused-ring (bicyclic) bond motifs is 3. The Labute approximate surface area is 782 Å². The van der Waals surface area contributed by atoms with Gasteiger partial charge in [0.05, 0.1) is 140 Å². The van der Waals surface area contributed by atoms with Gasteiger partial charge in [-0.25, -0.2) is 0 Å². The van der Waals surface area contributed by atoms with E-state index in [2.05, 4.69) is 243 Å². The van der Waals surface area contributed by atoms with Crippen molar-refractivity contribution >= 4 is 65.4 Å². The van der Waals surface area contributed by atoms with Crippen molar-refractivity contribution in [2.24, 2.45) is 65.1 Å². The molecular weight excluding hydrogens is 1740 g/mol. The van der Waals surface area contributed by atoms with Gasteiger partial charge < -0.3 is 70.5 Å². The molecule has 0 spiro atoms. The number of hydrogen-bond acceptors (Lipinski definition) is 17. The molecule has 7 unspecified atom stereocenters. The minimum Gasteiger partial charge on any atom is -0.411 e. The van der Waals surface area contributed by atoms with Gasteiger partial charge in [0.15, 0.2) is 25.0 Å². The molecule has 0 saturated carbocycles. The molecule has 21 heteroatoms. The monoisotopic (exact) mass is 1920 g/mol. The van der Waals surface area contributed by atoms with Gasteiger partial charge in [0.1, 0.15) is 24.0 Å². The van der Waals surface area contributed by atoms with Crippen molar-refractivity contribution in [1.29, 1.82) is 0 Å². The minimum absolute atomic E-state index is 0.00174. The van der Waals surface area contributed by atoms with Crippen molar-refractivity contribution in [2.75, 3.05) is 0 Å².